The van der Waals surface area contributed by atoms with Crippen LogP contribution in [0.3, 0.4) is 0 Å². The monoisotopic (exact) mass is 431 g/mol. The third-order valence-corrected chi connectivity index (χ3v) is 6.76. The molecule has 1 aliphatic rings. The van der Waals surface area contributed by atoms with Gasteiger partial charge in [-0.05, 0) is 43.5 Å². The smallest absolute Gasteiger partial charge is 0.313 e. The van der Waals surface area contributed by atoms with Gasteiger partial charge in [0.05, 0.1) is 24.6 Å². The average Bonchev–Trinajstić information content (AvgIpc) is 2.74. The van der Waals surface area contributed by atoms with Crippen molar-refractivity contribution in [1.82, 2.24) is 5.32 Å². The van der Waals surface area contributed by atoms with E-state index < -0.39 is 21.8 Å². The van der Waals surface area contributed by atoms with Gasteiger partial charge in [-0.3, -0.25) is 13.9 Å². The number of nitrogens with one attached hydrogen (secondary N) is 2. The standard InChI is InChI=1S/C21H25N3O5S/c1-15(16-8-4-3-5-9-16)22-20(25)21(26)23-17-10-11-19(29-2)18(14-17)24-12-6-7-13-30(24,27)28/h3-5,8-11,14-15H,6-7,12-13H2,1-2H3,(H,22,25)(H,23,26)/t15-/m0/s1. The molecule has 1 heterocycles. The van der Waals surface area contributed by atoms with Crippen LogP contribution in [0.5, 0.6) is 5.75 Å². The van der Waals surface area contributed by atoms with E-state index in [9.17, 15) is 18.0 Å². The Hall–Kier alpha value is -3.07. The molecule has 0 unspecified atom stereocenters. The summed E-state index contributed by atoms with van der Waals surface area (Å²) < 4.78 is 31.5. The Labute approximate surface area is 176 Å². The van der Waals surface area contributed by atoms with E-state index in [4.69, 9.17) is 4.74 Å². The third kappa shape index (κ3) is 4.91. The fourth-order valence-corrected chi connectivity index (χ4v) is 4.94. The number of carbonyl (C=O) groups excluding carboxylic acids is 2. The molecule has 0 aromatic heterocycles. The first-order chi connectivity index (χ1) is 14.3. The highest BCUT2D eigenvalue weighted by Crippen LogP contribution is 2.35. The van der Waals surface area contributed by atoms with Gasteiger partial charge in [0.15, 0.2) is 0 Å². The summed E-state index contributed by atoms with van der Waals surface area (Å²) >= 11 is 0. The fraction of sp³-hybridized carbons (Fsp3) is 0.333. The molecular weight excluding hydrogens is 406 g/mol. The van der Waals surface area contributed by atoms with Gasteiger partial charge in [-0.15, -0.1) is 0 Å². The van der Waals surface area contributed by atoms with Gasteiger partial charge in [0.2, 0.25) is 10.0 Å². The predicted molar refractivity (Wildman–Crippen MR) is 115 cm³/mol. The molecule has 0 radical (unpaired) electrons. The molecule has 1 saturated heterocycles. The number of nitrogens with zero attached hydrogens (tertiary/aromatic N) is 1. The van der Waals surface area contributed by atoms with Gasteiger partial charge in [-0.2, -0.15) is 0 Å². The zero-order valence-corrected chi connectivity index (χ0v) is 17.7. The van der Waals surface area contributed by atoms with Crippen LogP contribution in [-0.4, -0.2) is 39.6 Å². The van der Waals surface area contributed by atoms with Crippen molar-refractivity contribution in [2.24, 2.45) is 0 Å². The molecule has 0 bridgehead atoms. The summed E-state index contributed by atoms with van der Waals surface area (Å²) in [5.74, 6) is -1.18. The van der Waals surface area contributed by atoms with E-state index in [2.05, 4.69) is 10.6 Å². The summed E-state index contributed by atoms with van der Waals surface area (Å²) in [4.78, 5) is 24.7. The van der Waals surface area contributed by atoms with Crippen LogP contribution >= 0.6 is 0 Å². The normalized spacial score (nSPS) is 16.4. The lowest BCUT2D eigenvalue weighted by molar-refractivity contribution is -0.136. The minimum Gasteiger partial charge on any atom is -0.495 e. The Morgan fingerprint density at radius 3 is 2.47 bits per heavy atom. The second-order valence-electron chi connectivity index (χ2n) is 7.04. The molecule has 3 rings (SSSR count). The van der Waals surface area contributed by atoms with Crippen molar-refractivity contribution in [2.75, 3.05) is 29.0 Å². The molecule has 1 atom stereocenters. The Morgan fingerprint density at radius 2 is 1.80 bits per heavy atom. The number of rotatable bonds is 5. The molecule has 0 spiro atoms. The second-order valence-corrected chi connectivity index (χ2v) is 9.05. The predicted octanol–water partition coefficient (Wildman–Crippen LogP) is 2.44. The molecule has 9 heteroatoms. The molecule has 1 fully saturated rings. The molecule has 8 nitrogen and oxygen atoms in total. The SMILES string of the molecule is COc1ccc(NC(=O)C(=O)N[C@@H](C)c2ccccc2)cc1N1CCCCS1(=O)=O. The van der Waals surface area contributed by atoms with Crippen molar-refractivity contribution in [3.05, 3.63) is 54.1 Å². The lowest BCUT2D eigenvalue weighted by atomic mass is 10.1. The van der Waals surface area contributed by atoms with E-state index in [0.29, 0.717) is 30.1 Å². The van der Waals surface area contributed by atoms with Crippen molar-refractivity contribution in [1.29, 1.82) is 0 Å². The van der Waals surface area contributed by atoms with E-state index in [0.717, 1.165) is 12.0 Å². The van der Waals surface area contributed by atoms with Crippen LogP contribution in [0.1, 0.15) is 31.4 Å². The second kappa shape index (κ2) is 9.17. The number of methoxy groups -OCH3 is 1. The van der Waals surface area contributed by atoms with E-state index in [1.807, 2.05) is 30.3 Å². The van der Waals surface area contributed by atoms with Gasteiger partial charge in [0.25, 0.3) is 0 Å². The zero-order chi connectivity index (χ0) is 21.7. The lowest BCUT2D eigenvalue weighted by Crippen LogP contribution is -2.38. The molecular formula is C21H25N3O5S. The number of hydrogen-bond donors (Lipinski definition) is 2. The van der Waals surface area contributed by atoms with Gasteiger partial charge < -0.3 is 15.4 Å². The van der Waals surface area contributed by atoms with E-state index in [1.54, 1.807) is 19.1 Å². The number of carbonyl (C=O) groups is 2. The van der Waals surface area contributed by atoms with Crippen molar-refractivity contribution < 1.29 is 22.7 Å². The highest BCUT2D eigenvalue weighted by atomic mass is 32.2. The fourth-order valence-electron chi connectivity index (χ4n) is 3.30. The summed E-state index contributed by atoms with van der Waals surface area (Å²) in [5, 5.41) is 5.18. The largest absolute Gasteiger partial charge is 0.495 e. The number of amides is 2. The van der Waals surface area contributed by atoms with Gasteiger partial charge in [0, 0.05) is 12.2 Å². The number of ether oxygens (including phenoxy) is 1. The van der Waals surface area contributed by atoms with Crippen LogP contribution in [0.2, 0.25) is 0 Å². The molecule has 2 N–H and O–H groups in total. The van der Waals surface area contributed by atoms with Gasteiger partial charge >= 0.3 is 11.8 Å². The maximum atomic E-state index is 12.5. The Morgan fingerprint density at radius 1 is 1.07 bits per heavy atom. The Balaban J connectivity index is 1.74. The lowest BCUT2D eigenvalue weighted by Gasteiger charge is -2.29. The summed E-state index contributed by atoms with van der Waals surface area (Å²) in [7, 11) is -2.01. The number of hydrogen-bond acceptors (Lipinski definition) is 5. The van der Waals surface area contributed by atoms with Crippen LogP contribution < -0.4 is 19.7 Å². The summed E-state index contributed by atoms with van der Waals surface area (Å²) in [6, 6.07) is 13.6. The zero-order valence-electron chi connectivity index (χ0n) is 16.9. The first kappa shape index (κ1) is 21.6. The van der Waals surface area contributed by atoms with E-state index >= 15 is 0 Å². The molecule has 160 valence electrons. The first-order valence-electron chi connectivity index (χ1n) is 9.67. The molecule has 0 saturated carbocycles. The minimum absolute atomic E-state index is 0.0620. The minimum atomic E-state index is -3.46. The summed E-state index contributed by atoms with van der Waals surface area (Å²) in [6.45, 7) is 2.12. The molecule has 2 aromatic carbocycles. The van der Waals surface area contributed by atoms with E-state index in [-0.39, 0.29) is 11.8 Å². The highest BCUT2D eigenvalue weighted by molar-refractivity contribution is 7.92. The molecule has 2 aromatic rings. The average molecular weight is 432 g/mol. The van der Waals surface area contributed by atoms with E-state index in [1.165, 1.54) is 17.5 Å². The Bertz CT molecular complexity index is 1020. The van der Waals surface area contributed by atoms with Crippen LogP contribution in [0.25, 0.3) is 0 Å². The van der Waals surface area contributed by atoms with Crippen molar-refractivity contribution >= 4 is 33.2 Å². The van der Waals surface area contributed by atoms with Gasteiger partial charge in [0.1, 0.15) is 5.75 Å². The maximum Gasteiger partial charge on any atom is 0.313 e. The van der Waals surface area contributed by atoms with Crippen LogP contribution in [0.4, 0.5) is 11.4 Å². The van der Waals surface area contributed by atoms with Crippen molar-refractivity contribution in [3.63, 3.8) is 0 Å². The first-order valence-corrected chi connectivity index (χ1v) is 11.3. The molecule has 0 aliphatic carbocycles. The number of sulfonamides is 1. The van der Waals surface area contributed by atoms with Crippen LogP contribution in [0, 0.1) is 0 Å². The number of anilines is 2. The van der Waals surface area contributed by atoms with Gasteiger partial charge in [-0.1, -0.05) is 30.3 Å². The van der Waals surface area contributed by atoms with Crippen LogP contribution in [-0.2, 0) is 19.6 Å². The van der Waals surface area contributed by atoms with Gasteiger partial charge in [-0.25, -0.2) is 8.42 Å². The van der Waals surface area contributed by atoms with Crippen molar-refractivity contribution in [3.8, 4) is 5.75 Å². The number of benzene rings is 2. The van der Waals surface area contributed by atoms with Crippen LogP contribution in [0.15, 0.2) is 48.5 Å². The molecule has 2 amide bonds. The maximum absolute atomic E-state index is 12.5. The summed E-state index contributed by atoms with van der Waals surface area (Å²) in [5.41, 5.74) is 1.52. The van der Waals surface area contributed by atoms with Crippen molar-refractivity contribution in [2.45, 2.75) is 25.8 Å². The highest BCUT2D eigenvalue weighted by Gasteiger charge is 2.29. The topological polar surface area (TPSA) is 105 Å². The third-order valence-electron chi connectivity index (χ3n) is 4.91. The summed E-state index contributed by atoms with van der Waals surface area (Å²) in [6.07, 6.45) is 1.34. The molecule has 1 aliphatic heterocycles. The quantitative estimate of drug-likeness (QED) is 0.708. The Kier molecular flexibility index (Phi) is 6.61. The molecule has 30 heavy (non-hydrogen) atoms.